The fourth-order valence-corrected chi connectivity index (χ4v) is 4.99. The number of rotatable bonds is 18. The zero-order valence-corrected chi connectivity index (χ0v) is 19.1. The van der Waals surface area contributed by atoms with E-state index in [0.717, 1.165) is 24.3 Å². The molecule has 1 aliphatic rings. The molecular weight excluding hydrogens is 366 g/mol. The van der Waals surface area contributed by atoms with Crippen molar-refractivity contribution >= 4 is 5.97 Å². The highest BCUT2D eigenvalue weighted by molar-refractivity contribution is 5.79. The molecule has 0 radical (unpaired) electrons. The molecule has 1 saturated heterocycles. The second-order valence-corrected chi connectivity index (χ2v) is 9.28. The quantitative estimate of drug-likeness (QED) is 0.234. The Balaban J connectivity index is 2.09. The van der Waals surface area contributed by atoms with E-state index in [1.54, 1.807) is 6.92 Å². The van der Waals surface area contributed by atoms with Gasteiger partial charge in [-0.15, -0.1) is 0 Å². The van der Waals surface area contributed by atoms with Crippen molar-refractivity contribution in [3.05, 3.63) is 0 Å². The maximum Gasteiger partial charge on any atom is 0.326 e. The fraction of sp³-hybridized carbons (Fsp3) is 0.958. The summed E-state index contributed by atoms with van der Waals surface area (Å²) in [5, 5.41) is 30.7. The number of hydroxylamine groups is 2. The molecular formula is C24H47NO4. The van der Waals surface area contributed by atoms with Crippen LogP contribution in [0.3, 0.4) is 0 Å². The minimum Gasteiger partial charge on any atom is -0.480 e. The van der Waals surface area contributed by atoms with Gasteiger partial charge in [0.1, 0.15) is 5.54 Å². The van der Waals surface area contributed by atoms with Crippen LogP contribution in [0.1, 0.15) is 123 Å². The van der Waals surface area contributed by atoms with E-state index in [1.165, 1.54) is 77.0 Å². The molecule has 3 atom stereocenters. The van der Waals surface area contributed by atoms with Crippen LogP contribution in [0.5, 0.6) is 0 Å². The summed E-state index contributed by atoms with van der Waals surface area (Å²) in [7, 11) is 0. The lowest BCUT2D eigenvalue weighted by atomic mass is 9.78. The second kappa shape index (κ2) is 15.2. The van der Waals surface area contributed by atoms with Crippen molar-refractivity contribution < 1.29 is 20.2 Å². The predicted octanol–water partition coefficient (Wildman–Crippen LogP) is 6.16. The number of unbranched alkanes of at least 4 members (excludes halogenated alkanes) is 13. The van der Waals surface area contributed by atoms with Crippen molar-refractivity contribution in [2.24, 2.45) is 5.92 Å². The fourth-order valence-electron chi connectivity index (χ4n) is 4.99. The van der Waals surface area contributed by atoms with Crippen LogP contribution in [0, 0.1) is 5.92 Å². The molecule has 1 fully saturated rings. The molecule has 5 heteroatoms. The lowest BCUT2D eigenvalue weighted by Crippen LogP contribution is -2.54. The first-order valence-electron chi connectivity index (χ1n) is 12.3. The first kappa shape index (κ1) is 26.4. The molecule has 1 rings (SSSR count). The normalized spacial score (nSPS) is 23.5. The lowest BCUT2D eigenvalue weighted by molar-refractivity contribution is -0.196. The summed E-state index contributed by atoms with van der Waals surface area (Å²) in [6.45, 7) is 4.24. The molecule has 29 heavy (non-hydrogen) atoms. The topological polar surface area (TPSA) is 81.0 Å². The zero-order valence-electron chi connectivity index (χ0n) is 19.1. The Kier molecular flexibility index (Phi) is 13.8. The van der Waals surface area contributed by atoms with Gasteiger partial charge in [0.2, 0.25) is 0 Å². The van der Waals surface area contributed by atoms with Crippen LogP contribution < -0.4 is 0 Å². The summed E-state index contributed by atoms with van der Waals surface area (Å²) in [5.74, 6) is -1.09. The van der Waals surface area contributed by atoms with Gasteiger partial charge < -0.3 is 15.4 Å². The van der Waals surface area contributed by atoms with Crippen LogP contribution in [-0.2, 0) is 4.79 Å². The van der Waals surface area contributed by atoms with Gasteiger partial charge in [0, 0.05) is 13.0 Å². The monoisotopic (exact) mass is 413 g/mol. The van der Waals surface area contributed by atoms with E-state index in [1.807, 2.05) is 0 Å². The number of hydrogen-bond donors (Lipinski definition) is 3. The maximum atomic E-state index is 11.9. The SMILES string of the molecule is CCCCCCCCCCCCCCCCC1CCN(O)[C@]1(CC(C)O)C(=O)O. The summed E-state index contributed by atoms with van der Waals surface area (Å²) in [5.41, 5.74) is -1.31. The van der Waals surface area contributed by atoms with Crippen LogP contribution in [0.25, 0.3) is 0 Å². The molecule has 1 heterocycles. The molecule has 2 unspecified atom stereocenters. The van der Waals surface area contributed by atoms with Crippen molar-refractivity contribution in [2.75, 3.05) is 6.54 Å². The number of carboxylic acids is 1. The highest BCUT2D eigenvalue weighted by Gasteiger charge is 2.54. The highest BCUT2D eigenvalue weighted by Crippen LogP contribution is 2.41. The van der Waals surface area contributed by atoms with Gasteiger partial charge in [-0.3, -0.25) is 4.79 Å². The van der Waals surface area contributed by atoms with E-state index >= 15 is 0 Å². The molecule has 0 aromatic heterocycles. The molecule has 0 aromatic rings. The molecule has 0 aromatic carbocycles. The van der Waals surface area contributed by atoms with Crippen LogP contribution in [0.2, 0.25) is 0 Å². The number of hydrogen-bond acceptors (Lipinski definition) is 4. The van der Waals surface area contributed by atoms with Gasteiger partial charge in [-0.25, -0.2) is 0 Å². The van der Waals surface area contributed by atoms with Gasteiger partial charge in [-0.1, -0.05) is 96.8 Å². The van der Waals surface area contributed by atoms with Gasteiger partial charge in [-0.05, 0) is 25.7 Å². The molecule has 0 spiro atoms. The van der Waals surface area contributed by atoms with Crippen LogP contribution >= 0.6 is 0 Å². The number of carbonyl (C=O) groups is 1. The van der Waals surface area contributed by atoms with Crippen molar-refractivity contribution in [2.45, 2.75) is 135 Å². The summed E-state index contributed by atoms with van der Waals surface area (Å²) in [4.78, 5) is 11.9. The van der Waals surface area contributed by atoms with Crippen LogP contribution in [0.15, 0.2) is 0 Å². The minimum atomic E-state index is -1.31. The minimum absolute atomic E-state index is 0.0854. The third kappa shape index (κ3) is 9.35. The summed E-state index contributed by atoms with van der Waals surface area (Å²) in [6.07, 6.45) is 19.2. The molecule has 5 nitrogen and oxygen atoms in total. The second-order valence-electron chi connectivity index (χ2n) is 9.28. The zero-order chi connectivity index (χ0) is 21.5. The van der Waals surface area contributed by atoms with Crippen LogP contribution in [-0.4, -0.2) is 44.6 Å². The number of nitrogens with zero attached hydrogens (tertiary/aromatic N) is 1. The van der Waals surface area contributed by atoms with Gasteiger partial charge >= 0.3 is 5.97 Å². The Morgan fingerprint density at radius 2 is 1.38 bits per heavy atom. The molecule has 172 valence electrons. The number of aliphatic hydroxyl groups is 1. The van der Waals surface area contributed by atoms with Crippen molar-refractivity contribution in [3.63, 3.8) is 0 Å². The summed E-state index contributed by atoms with van der Waals surface area (Å²) < 4.78 is 0. The third-order valence-corrected chi connectivity index (χ3v) is 6.71. The average Bonchev–Trinajstić information content (AvgIpc) is 2.98. The van der Waals surface area contributed by atoms with E-state index in [4.69, 9.17) is 0 Å². The number of aliphatic carboxylic acids is 1. The molecule has 0 bridgehead atoms. The predicted molar refractivity (Wildman–Crippen MR) is 118 cm³/mol. The smallest absolute Gasteiger partial charge is 0.326 e. The van der Waals surface area contributed by atoms with Crippen molar-refractivity contribution in [1.29, 1.82) is 0 Å². The van der Waals surface area contributed by atoms with E-state index in [0.29, 0.717) is 13.0 Å². The first-order valence-corrected chi connectivity index (χ1v) is 12.3. The molecule has 0 aliphatic carbocycles. The van der Waals surface area contributed by atoms with E-state index in [9.17, 15) is 20.2 Å². The highest BCUT2D eigenvalue weighted by atomic mass is 16.5. The molecule has 0 saturated carbocycles. The maximum absolute atomic E-state index is 11.9. The molecule has 0 amide bonds. The van der Waals surface area contributed by atoms with Crippen molar-refractivity contribution in [1.82, 2.24) is 5.06 Å². The molecule has 3 N–H and O–H groups in total. The first-order chi connectivity index (χ1) is 13.9. The Labute approximate surface area is 178 Å². The number of aliphatic hydroxyl groups excluding tert-OH is 1. The largest absolute Gasteiger partial charge is 0.480 e. The van der Waals surface area contributed by atoms with Gasteiger partial charge in [-0.2, -0.15) is 5.06 Å². The Morgan fingerprint density at radius 1 is 0.931 bits per heavy atom. The van der Waals surface area contributed by atoms with Crippen molar-refractivity contribution in [3.8, 4) is 0 Å². The van der Waals surface area contributed by atoms with E-state index in [-0.39, 0.29) is 12.3 Å². The Bertz CT molecular complexity index is 429. The van der Waals surface area contributed by atoms with Crippen LogP contribution in [0.4, 0.5) is 0 Å². The van der Waals surface area contributed by atoms with Gasteiger partial charge in [0.25, 0.3) is 0 Å². The lowest BCUT2D eigenvalue weighted by Gasteiger charge is -2.36. The number of carboxylic acid groups (broad SMARTS) is 1. The summed E-state index contributed by atoms with van der Waals surface area (Å²) in [6, 6.07) is 0. The summed E-state index contributed by atoms with van der Waals surface area (Å²) >= 11 is 0. The van der Waals surface area contributed by atoms with Gasteiger partial charge in [0.05, 0.1) is 6.10 Å². The standard InChI is InChI=1S/C24H47NO4/c1-3-4-5-6-7-8-9-10-11-12-13-14-15-16-17-22-18-19-25(29)24(22,23(27)28)20-21(2)26/h21-22,26,29H,3-20H2,1-2H3,(H,27,28)/t21?,22?,24-/m0/s1. The Hall–Kier alpha value is -0.650. The third-order valence-electron chi connectivity index (χ3n) is 6.71. The van der Waals surface area contributed by atoms with E-state index < -0.39 is 17.6 Å². The van der Waals surface area contributed by atoms with Gasteiger partial charge in [0.15, 0.2) is 0 Å². The molecule has 1 aliphatic heterocycles. The average molecular weight is 414 g/mol. The Morgan fingerprint density at radius 3 is 1.79 bits per heavy atom. The van der Waals surface area contributed by atoms with E-state index in [2.05, 4.69) is 6.92 Å².